The fourth-order valence-corrected chi connectivity index (χ4v) is 1.12. The molecule has 1 N–H and O–H groups in total. The number of hydrogen-bond donors (Lipinski definition) is 1. The summed E-state index contributed by atoms with van der Waals surface area (Å²) in [5.74, 6) is 0. The van der Waals surface area contributed by atoms with Crippen LogP contribution in [-0.4, -0.2) is 19.1 Å². The van der Waals surface area contributed by atoms with Crippen molar-refractivity contribution in [3.8, 4) is 0 Å². The van der Waals surface area contributed by atoms with E-state index in [2.05, 4.69) is 10.1 Å². The molecular formula is C10H11NO3. The minimum Gasteiger partial charge on any atom is -0.444 e. The quantitative estimate of drug-likeness (QED) is 0.528. The van der Waals surface area contributed by atoms with Gasteiger partial charge in [-0.1, -0.05) is 30.3 Å². The standard InChI is InChI=1S/C10H11NO3/c12-7-11-10(14-8-13)6-9-4-2-1-3-5-9/h1-5,7-8,10H,6H2,(H,11,12). The zero-order valence-electron chi connectivity index (χ0n) is 7.55. The van der Waals surface area contributed by atoms with Gasteiger partial charge in [-0.05, 0) is 5.56 Å². The molecule has 0 aliphatic rings. The highest BCUT2D eigenvalue weighted by Gasteiger charge is 2.07. The lowest BCUT2D eigenvalue weighted by Gasteiger charge is -2.13. The Morgan fingerprint density at radius 3 is 2.57 bits per heavy atom. The summed E-state index contributed by atoms with van der Waals surface area (Å²) in [5.41, 5.74) is 0.994. The van der Waals surface area contributed by atoms with E-state index in [-0.39, 0.29) is 0 Å². The Hall–Kier alpha value is -1.84. The summed E-state index contributed by atoms with van der Waals surface area (Å²) < 4.78 is 4.66. The molecule has 4 heteroatoms. The predicted octanol–water partition coefficient (Wildman–Crippen LogP) is 0.474. The number of benzene rings is 1. The monoisotopic (exact) mass is 193 g/mol. The Labute approximate surface area is 81.9 Å². The van der Waals surface area contributed by atoms with Crippen molar-refractivity contribution in [1.82, 2.24) is 5.32 Å². The van der Waals surface area contributed by atoms with Crippen LogP contribution in [0.1, 0.15) is 5.56 Å². The van der Waals surface area contributed by atoms with Crippen LogP contribution in [-0.2, 0) is 20.7 Å². The van der Waals surface area contributed by atoms with E-state index in [9.17, 15) is 9.59 Å². The summed E-state index contributed by atoms with van der Waals surface area (Å²) >= 11 is 0. The molecule has 0 heterocycles. The minimum atomic E-state index is -0.590. The number of amides is 1. The van der Waals surface area contributed by atoms with Gasteiger partial charge < -0.3 is 10.1 Å². The summed E-state index contributed by atoms with van der Waals surface area (Å²) in [7, 11) is 0. The largest absolute Gasteiger partial charge is 0.444 e. The summed E-state index contributed by atoms with van der Waals surface area (Å²) in [6, 6.07) is 9.45. The third-order valence-electron chi connectivity index (χ3n) is 1.74. The minimum absolute atomic E-state index is 0.324. The Morgan fingerprint density at radius 2 is 2.00 bits per heavy atom. The van der Waals surface area contributed by atoms with Crippen LogP contribution in [0.15, 0.2) is 30.3 Å². The first-order chi connectivity index (χ1) is 6.86. The summed E-state index contributed by atoms with van der Waals surface area (Å²) in [6.07, 6.45) is 0.391. The molecule has 0 spiro atoms. The Balaban J connectivity index is 2.54. The van der Waals surface area contributed by atoms with Crippen molar-refractivity contribution in [2.75, 3.05) is 0 Å². The van der Waals surface area contributed by atoms with Crippen molar-refractivity contribution in [3.05, 3.63) is 35.9 Å². The number of hydrogen-bond acceptors (Lipinski definition) is 3. The Bertz CT molecular complexity index is 277. The highest BCUT2D eigenvalue weighted by molar-refractivity contribution is 5.47. The Morgan fingerprint density at radius 1 is 1.29 bits per heavy atom. The van der Waals surface area contributed by atoms with E-state index < -0.39 is 6.23 Å². The first kappa shape index (κ1) is 10.2. The second-order valence-corrected chi connectivity index (χ2v) is 2.70. The molecule has 0 aromatic heterocycles. The van der Waals surface area contributed by atoms with E-state index in [1.54, 1.807) is 0 Å². The van der Waals surface area contributed by atoms with Crippen LogP contribution < -0.4 is 5.32 Å². The lowest BCUT2D eigenvalue weighted by Crippen LogP contribution is -2.32. The van der Waals surface area contributed by atoms with E-state index in [0.29, 0.717) is 19.3 Å². The van der Waals surface area contributed by atoms with Crippen LogP contribution in [0.3, 0.4) is 0 Å². The van der Waals surface area contributed by atoms with Crippen LogP contribution in [0, 0.1) is 0 Å². The molecule has 0 bridgehead atoms. The van der Waals surface area contributed by atoms with Gasteiger partial charge in [0.15, 0.2) is 6.23 Å². The molecule has 4 nitrogen and oxygen atoms in total. The van der Waals surface area contributed by atoms with Crippen molar-refractivity contribution in [1.29, 1.82) is 0 Å². The fourth-order valence-electron chi connectivity index (χ4n) is 1.12. The van der Waals surface area contributed by atoms with Gasteiger partial charge in [-0.15, -0.1) is 0 Å². The van der Waals surface area contributed by atoms with Crippen molar-refractivity contribution >= 4 is 12.9 Å². The molecular weight excluding hydrogens is 182 g/mol. The molecule has 1 amide bonds. The lowest BCUT2D eigenvalue weighted by atomic mass is 10.1. The second kappa shape index (κ2) is 5.75. The molecule has 74 valence electrons. The molecule has 1 aromatic carbocycles. The SMILES string of the molecule is O=CNC(Cc1ccccc1)OC=O. The van der Waals surface area contributed by atoms with Crippen LogP contribution >= 0.6 is 0 Å². The number of rotatable bonds is 6. The van der Waals surface area contributed by atoms with Gasteiger partial charge in [0.05, 0.1) is 0 Å². The van der Waals surface area contributed by atoms with Crippen LogP contribution in [0.4, 0.5) is 0 Å². The zero-order valence-corrected chi connectivity index (χ0v) is 7.55. The lowest BCUT2D eigenvalue weighted by molar-refractivity contribution is -0.136. The molecule has 0 saturated heterocycles. The van der Waals surface area contributed by atoms with Gasteiger partial charge in [0.1, 0.15) is 0 Å². The van der Waals surface area contributed by atoms with Crippen molar-refractivity contribution in [2.45, 2.75) is 12.6 Å². The van der Waals surface area contributed by atoms with E-state index >= 15 is 0 Å². The van der Waals surface area contributed by atoms with E-state index in [4.69, 9.17) is 0 Å². The fraction of sp³-hybridized carbons (Fsp3) is 0.200. The maximum absolute atomic E-state index is 10.2. The first-order valence-electron chi connectivity index (χ1n) is 4.19. The smallest absolute Gasteiger partial charge is 0.295 e. The molecule has 0 aliphatic carbocycles. The van der Waals surface area contributed by atoms with Crippen LogP contribution in [0.5, 0.6) is 0 Å². The third kappa shape index (κ3) is 3.26. The highest BCUT2D eigenvalue weighted by Crippen LogP contribution is 2.02. The average Bonchev–Trinajstić information content (AvgIpc) is 2.20. The number of carbonyl (C=O) groups excluding carboxylic acids is 2. The van der Waals surface area contributed by atoms with E-state index in [1.165, 1.54) is 0 Å². The predicted molar refractivity (Wildman–Crippen MR) is 50.3 cm³/mol. The second-order valence-electron chi connectivity index (χ2n) is 2.70. The third-order valence-corrected chi connectivity index (χ3v) is 1.74. The molecule has 1 rings (SSSR count). The van der Waals surface area contributed by atoms with Gasteiger partial charge in [-0.3, -0.25) is 9.59 Å². The van der Waals surface area contributed by atoms with E-state index in [1.807, 2.05) is 30.3 Å². The maximum Gasteiger partial charge on any atom is 0.295 e. The van der Waals surface area contributed by atoms with Crippen molar-refractivity contribution in [3.63, 3.8) is 0 Å². The van der Waals surface area contributed by atoms with Gasteiger partial charge in [0.2, 0.25) is 6.41 Å². The van der Waals surface area contributed by atoms with Gasteiger partial charge in [0.25, 0.3) is 6.47 Å². The normalized spacial score (nSPS) is 11.4. The first-order valence-corrected chi connectivity index (χ1v) is 4.19. The molecule has 0 fully saturated rings. The van der Waals surface area contributed by atoms with Gasteiger partial charge in [0, 0.05) is 6.42 Å². The molecule has 1 atom stereocenters. The molecule has 0 radical (unpaired) electrons. The van der Waals surface area contributed by atoms with Crippen LogP contribution in [0.25, 0.3) is 0 Å². The molecule has 0 aliphatic heterocycles. The average molecular weight is 193 g/mol. The van der Waals surface area contributed by atoms with Gasteiger partial charge >= 0.3 is 0 Å². The summed E-state index contributed by atoms with van der Waals surface area (Å²) in [6.45, 7) is 0.324. The molecule has 1 unspecified atom stereocenters. The molecule has 0 saturated carbocycles. The number of ether oxygens (including phenoxy) is 1. The van der Waals surface area contributed by atoms with Crippen molar-refractivity contribution in [2.24, 2.45) is 0 Å². The molecule has 14 heavy (non-hydrogen) atoms. The van der Waals surface area contributed by atoms with Gasteiger partial charge in [-0.2, -0.15) is 0 Å². The topological polar surface area (TPSA) is 55.4 Å². The van der Waals surface area contributed by atoms with Crippen LogP contribution in [0.2, 0.25) is 0 Å². The zero-order chi connectivity index (χ0) is 10.2. The summed E-state index contributed by atoms with van der Waals surface area (Å²) in [4.78, 5) is 20.3. The highest BCUT2D eigenvalue weighted by atomic mass is 16.5. The maximum atomic E-state index is 10.2. The molecule has 1 aromatic rings. The van der Waals surface area contributed by atoms with E-state index in [0.717, 1.165) is 5.56 Å². The number of carbonyl (C=O) groups is 2. The number of nitrogens with one attached hydrogen (secondary N) is 1. The van der Waals surface area contributed by atoms with Gasteiger partial charge in [-0.25, -0.2) is 0 Å². The summed E-state index contributed by atoms with van der Waals surface area (Å²) in [5, 5.41) is 2.40. The Kier molecular flexibility index (Phi) is 4.20. The van der Waals surface area contributed by atoms with Crippen molar-refractivity contribution < 1.29 is 14.3 Å².